The molecule has 0 saturated heterocycles. The van der Waals surface area contributed by atoms with Crippen molar-refractivity contribution in [2.45, 2.75) is 20.8 Å². The van der Waals surface area contributed by atoms with Crippen LogP contribution >= 0.6 is 0 Å². The minimum atomic E-state index is 0.983. The summed E-state index contributed by atoms with van der Waals surface area (Å²) in [5, 5.41) is 7.67. The minimum Gasteiger partial charge on any atom is -0.262 e. The van der Waals surface area contributed by atoms with Crippen molar-refractivity contribution in [3.05, 3.63) is 113 Å². The van der Waals surface area contributed by atoms with E-state index in [0.717, 1.165) is 16.8 Å². The first kappa shape index (κ1) is 19.5. The van der Waals surface area contributed by atoms with E-state index in [0.29, 0.717) is 0 Å². The zero-order chi connectivity index (χ0) is 22.5. The molecule has 0 unspecified atom stereocenters. The summed E-state index contributed by atoms with van der Waals surface area (Å²) in [5.41, 5.74) is 8.29. The van der Waals surface area contributed by atoms with Gasteiger partial charge in [-0.05, 0) is 93.5 Å². The zero-order valence-corrected chi connectivity index (χ0v) is 19.0. The van der Waals surface area contributed by atoms with Gasteiger partial charge in [0.05, 0.1) is 0 Å². The van der Waals surface area contributed by atoms with Gasteiger partial charge in [0, 0.05) is 23.0 Å². The van der Waals surface area contributed by atoms with E-state index in [4.69, 9.17) is 0 Å². The van der Waals surface area contributed by atoms with Crippen LogP contribution in [-0.2, 0) is 0 Å². The van der Waals surface area contributed by atoms with Gasteiger partial charge in [-0.1, -0.05) is 72.5 Å². The molecule has 0 aliphatic heterocycles. The topological polar surface area (TPSA) is 12.9 Å². The lowest BCUT2D eigenvalue weighted by Gasteiger charge is -2.17. The van der Waals surface area contributed by atoms with Gasteiger partial charge in [-0.3, -0.25) is 4.98 Å². The van der Waals surface area contributed by atoms with Gasteiger partial charge in [-0.25, -0.2) is 0 Å². The van der Waals surface area contributed by atoms with Gasteiger partial charge in [0.1, 0.15) is 0 Å². The number of aryl methyl sites for hydroxylation is 3. The van der Waals surface area contributed by atoms with Crippen LogP contribution in [0.3, 0.4) is 0 Å². The first-order chi connectivity index (χ1) is 16.1. The average molecular weight is 422 g/mol. The van der Waals surface area contributed by atoms with Gasteiger partial charge < -0.3 is 0 Å². The second-order valence-electron chi connectivity index (χ2n) is 8.85. The van der Waals surface area contributed by atoms with Gasteiger partial charge in [-0.2, -0.15) is 0 Å². The average Bonchev–Trinajstić information content (AvgIpc) is 2.82. The lowest BCUT2D eigenvalue weighted by Crippen LogP contribution is -1.92. The Morgan fingerprint density at radius 2 is 1.30 bits per heavy atom. The molecule has 0 radical (unpaired) electrons. The zero-order valence-electron chi connectivity index (χ0n) is 19.0. The monoisotopic (exact) mass is 421 g/mol. The van der Waals surface area contributed by atoms with E-state index in [1.54, 1.807) is 0 Å². The van der Waals surface area contributed by atoms with Crippen molar-refractivity contribution in [3.8, 4) is 23.0 Å². The fourth-order valence-electron chi connectivity index (χ4n) is 5.13. The Labute approximate surface area is 194 Å². The van der Waals surface area contributed by atoms with Crippen molar-refractivity contribution in [2.24, 2.45) is 0 Å². The van der Waals surface area contributed by atoms with Crippen LogP contribution < -0.4 is 0 Å². The van der Waals surface area contributed by atoms with Crippen molar-refractivity contribution >= 4 is 32.3 Å². The molecule has 0 saturated carbocycles. The Morgan fingerprint density at radius 1 is 0.636 bits per heavy atom. The Morgan fingerprint density at radius 3 is 2.06 bits per heavy atom. The smallest absolute Gasteiger partial charge is 0.0385 e. The molecule has 156 valence electrons. The molecule has 5 aromatic carbocycles. The van der Waals surface area contributed by atoms with Crippen LogP contribution in [-0.4, -0.2) is 4.98 Å². The van der Waals surface area contributed by atoms with Gasteiger partial charge in [0.2, 0.25) is 0 Å². The third-order valence-electron chi connectivity index (χ3n) is 6.65. The molecule has 1 heterocycles. The summed E-state index contributed by atoms with van der Waals surface area (Å²) < 4.78 is 0. The van der Waals surface area contributed by atoms with E-state index in [1.165, 1.54) is 54.6 Å². The maximum Gasteiger partial charge on any atom is 0.0385 e. The second kappa shape index (κ2) is 7.47. The standard InChI is InChI=1S/C32H23N/c1-20-5-4-6-21(2)30(20)28-15-12-26-11-14-27-24(8-7-23-17-18-33-22(3)19-23)9-10-25-13-16-29(28)32(26)31(25)27/h4-6,9-19H,1-3H3. The number of rotatable bonds is 1. The molecule has 0 atom stereocenters. The summed E-state index contributed by atoms with van der Waals surface area (Å²) in [7, 11) is 0. The Bertz CT molecular complexity index is 1720. The number of aromatic nitrogens is 1. The fraction of sp³-hybridized carbons (Fsp3) is 0.0938. The molecule has 0 fully saturated rings. The lowest BCUT2D eigenvalue weighted by atomic mass is 9.86. The third-order valence-corrected chi connectivity index (χ3v) is 6.65. The van der Waals surface area contributed by atoms with Gasteiger partial charge in [0.25, 0.3) is 0 Å². The fourth-order valence-corrected chi connectivity index (χ4v) is 5.13. The number of pyridine rings is 1. The van der Waals surface area contributed by atoms with Crippen molar-refractivity contribution in [1.29, 1.82) is 0 Å². The van der Waals surface area contributed by atoms with Crippen molar-refractivity contribution < 1.29 is 0 Å². The first-order valence-electron chi connectivity index (χ1n) is 11.3. The molecule has 1 nitrogen and oxygen atoms in total. The number of nitrogens with zero attached hydrogens (tertiary/aromatic N) is 1. The highest BCUT2D eigenvalue weighted by molar-refractivity contribution is 6.26. The summed E-state index contributed by atoms with van der Waals surface area (Å²) in [5.74, 6) is 6.77. The van der Waals surface area contributed by atoms with Crippen LogP contribution in [0.25, 0.3) is 43.4 Å². The largest absolute Gasteiger partial charge is 0.262 e. The molecule has 1 heteroatoms. The number of benzene rings is 5. The molecule has 0 bridgehead atoms. The predicted molar refractivity (Wildman–Crippen MR) is 140 cm³/mol. The van der Waals surface area contributed by atoms with E-state index in [-0.39, 0.29) is 0 Å². The van der Waals surface area contributed by atoms with Crippen LogP contribution in [0.2, 0.25) is 0 Å². The maximum atomic E-state index is 4.28. The normalized spacial score (nSPS) is 11.2. The maximum absolute atomic E-state index is 4.28. The summed E-state index contributed by atoms with van der Waals surface area (Å²) in [6.45, 7) is 6.40. The van der Waals surface area contributed by atoms with Crippen LogP contribution in [0.1, 0.15) is 27.9 Å². The molecular formula is C32H23N. The highest BCUT2D eigenvalue weighted by atomic mass is 14.6. The molecule has 33 heavy (non-hydrogen) atoms. The minimum absolute atomic E-state index is 0.983. The number of hydrogen-bond donors (Lipinski definition) is 0. The number of hydrogen-bond acceptors (Lipinski definition) is 1. The SMILES string of the molecule is Cc1cc(C#Cc2ccc3ccc4c(-c5c(C)cccc5C)ccc5ccc2c3c54)ccn1. The third kappa shape index (κ3) is 3.15. The van der Waals surface area contributed by atoms with Crippen molar-refractivity contribution in [3.63, 3.8) is 0 Å². The van der Waals surface area contributed by atoms with Crippen LogP contribution in [0, 0.1) is 32.6 Å². The quantitative estimate of drug-likeness (QED) is 0.194. The van der Waals surface area contributed by atoms with Crippen LogP contribution in [0.4, 0.5) is 0 Å². The van der Waals surface area contributed by atoms with Crippen LogP contribution in [0.5, 0.6) is 0 Å². The Kier molecular flexibility index (Phi) is 4.42. The van der Waals surface area contributed by atoms with E-state index < -0.39 is 0 Å². The van der Waals surface area contributed by atoms with E-state index >= 15 is 0 Å². The molecular weight excluding hydrogens is 398 g/mol. The molecule has 0 spiro atoms. The summed E-state index contributed by atoms with van der Waals surface area (Å²) in [4.78, 5) is 4.28. The summed E-state index contributed by atoms with van der Waals surface area (Å²) >= 11 is 0. The van der Waals surface area contributed by atoms with Gasteiger partial charge in [0.15, 0.2) is 0 Å². The molecule has 0 aliphatic rings. The Balaban J connectivity index is 1.65. The molecule has 1 aromatic heterocycles. The predicted octanol–water partition coefficient (Wildman–Crippen LogP) is 7.97. The second-order valence-corrected chi connectivity index (χ2v) is 8.85. The molecule has 0 aliphatic carbocycles. The highest BCUT2D eigenvalue weighted by Gasteiger charge is 2.15. The lowest BCUT2D eigenvalue weighted by molar-refractivity contribution is 1.19. The highest BCUT2D eigenvalue weighted by Crippen LogP contribution is 2.41. The van der Waals surface area contributed by atoms with Crippen molar-refractivity contribution in [1.82, 2.24) is 4.98 Å². The van der Waals surface area contributed by atoms with E-state index in [1.807, 2.05) is 25.3 Å². The summed E-state index contributed by atoms with van der Waals surface area (Å²) in [6.07, 6.45) is 1.82. The van der Waals surface area contributed by atoms with Gasteiger partial charge in [-0.15, -0.1) is 0 Å². The van der Waals surface area contributed by atoms with Crippen LogP contribution in [0.15, 0.2) is 85.1 Å². The molecule has 0 N–H and O–H groups in total. The van der Waals surface area contributed by atoms with E-state index in [9.17, 15) is 0 Å². The molecule has 6 rings (SSSR count). The Hall–Kier alpha value is -4.15. The summed E-state index contributed by atoms with van der Waals surface area (Å²) in [6, 6.07) is 28.4. The molecule has 0 amide bonds. The first-order valence-corrected chi connectivity index (χ1v) is 11.3. The van der Waals surface area contributed by atoms with Gasteiger partial charge >= 0.3 is 0 Å². The van der Waals surface area contributed by atoms with Crippen molar-refractivity contribution in [2.75, 3.05) is 0 Å². The van der Waals surface area contributed by atoms with E-state index in [2.05, 4.69) is 97.4 Å². The molecule has 6 aromatic rings.